The number of hydrogen-bond donors (Lipinski definition) is 0. The van der Waals surface area contributed by atoms with Gasteiger partial charge in [-0.2, -0.15) is 0 Å². The molecule has 1 aromatic rings. The molecule has 1 rings (SSSR count). The summed E-state index contributed by atoms with van der Waals surface area (Å²) in [4.78, 5) is 3.66. The van der Waals surface area contributed by atoms with Gasteiger partial charge in [0.25, 0.3) is 0 Å². The highest BCUT2D eigenvalue weighted by atomic mass is 19.4. The minimum Gasteiger partial charge on any atom is -0.388 e. The quantitative estimate of drug-likeness (QED) is 0.760. The lowest BCUT2D eigenvalue weighted by atomic mass is 10.0. The molecule has 0 spiro atoms. The highest BCUT2D eigenvalue weighted by Crippen LogP contribution is 2.25. The van der Waals surface area contributed by atoms with Crippen LogP contribution in [0.4, 0.5) is 13.2 Å². The predicted molar refractivity (Wildman–Crippen MR) is 49.7 cm³/mol. The molecule has 0 fully saturated rings. The van der Waals surface area contributed by atoms with Gasteiger partial charge >= 0.3 is 6.36 Å². The summed E-state index contributed by atoms with van der Waals surface area (Å²) in [5.41, 5.74) is 1.29. The summed E-state index contributed by atoms with van der Waals surface area (Å²) in [6, 6.07) is 3.05. The third-order valence-corrected chi connectivity index (χ3v) is 1.84. The van der Waals surface area contributed by atoms with Crippen molar-refractivity contribution in [2.75, 3.05) is 0 Å². The van der Waals surface area contributed by atoms with E-state index in [1.165, 1.54) is 6.07 Å². The van der Waals surface area contributed by atoms with Crippen molar-refractivity contribution in [2.24, 2.45) is 0 Å². The van der Waals surface area contributed by atoms with Crippen molar-refractivity contribution in [3.63, 3.8) is 0 Å². The summed E-state index contributed by atoms with van der Waals surface area (Å²) < 4.78 is 39.6. The zero-order valence-electron chi connectivity index (χ0n) is 8.72. The highest BCUT2D eigenvalue weighted by molar-refractivity contribution is 5.27. The Labute approximate surface area is 86.1 Å². The smallest absolute Gasteiger partial charge is 0.388 e. The van der Waals surface area contributed by atoms with Gasteiger partial charge in [0, 0.05) is 11.8 Å². The molecule has 0 aliphatic carbocycles. The number of pyridine rings is 1. The van der Waals surface area contributed by atoms with Crippen molar-refractivity contribution in [2.45, 2.75) is 33.1 Å². The topological polar surface area (TPSA) is 22.1 Å². The van der Waals surface area contributed by atoms with E-state index in [0.717, 1.165) is 5.56 Å². The van der Waals surface area contributed by atoms with Gasteiger partial charge in [0.15, 0.2) is 0 Å². The number of rotatable bonds is 2. The molecule has 0 aliphatic rings. The zero-order chi connectivity index (χ0) is 11.6. The van der Waals surface area contributed by atoms with Crippen molar-refractivity contribution in [1.29, 1.82) is 0 Å². The van der Waals surface area contributed by atoms with Gasteiger partial charge in [-0.1, -0.05) is 13.8 Å². The molecular weight excluding hydrogens is 207 g/mol. The fraction of sp³-hybridized carbons (Fsp3) is 0.500. The lowest BCUT2D eigenvalue weighted by molar-refractivity contribution is -0.276. The van der Waals surface area contributed by atoms with Gasteiger partial charge in [-0.15, -0.1) is 13.2 Å². The van der Waals surface area contributed by atoms with Gasteiger partial charge in [-0.3, -0.25) is 0 Å². The number of hydrogen-bond acceptors (Lipinski definition) is 2. The summed E-state index contributed by atoms with van der Waals surface area (Å²) >= 11 is 0. The van der Waals surface area contributed by atoms with Crippen LogP contribution in [0.15, 0.2) is 12.1 Å². The Bertz CT molecular complexity index is 347. The van der Waals surface area contributed by atoms with Crippen molar-refractivity contribution >= 4 is 0 Å². The van der Waals surface area contributed by atoms with Gasteiger partial charge in [0.2, 0.25) is 5.88 Å². The third kappa shape index (κ3) is 3.77. The average Bonchev–Trinajstić information content (AvgIpc) is 1.99. The molecule has 0 aliphatic heterocycles. The summed E-state index contributed by atoms with van der Waals surface area (Å²) in [6.45, 7) is 5.42. The van der Waals surface area contributed by atoms with E-state index in [0.29, 0.717) is 5.69 Å². The van der Waals surface area contributed by atoms with Crippen LogP contribution in [0.5, 0.6) is 5.88 Å². The Morgan fingerprint density at radius 3 is 2.33 bits per heavy atom. The molecule has 0 aromatic carbocycles. The van der Waals surface area contributed by atoms with Crippen molar-refractivity contribution in [1.82, 2.24) is 4.98 Å². The standard InChI is InChI=1S/C10H12F3NO/c1-6(2)8-4-7(3)14-9(5-8)15-10(11,12)13/h4-6H,1-3H3. The highest BCUT2D eigenvalue weighted by Gasteiger charge is 2.32. The van der Waals surface area contributed by atoms with E-state index >= 15 is 0 Å². The fourth-order valence-corrected chi connectivity index (χ4v) is 1.17. The van der Waals surface area contributed by atoms with E-state index in [4.69, 9.17) is 0 Å². The summed E-state index contributed by atoms with van der Waals surface area (Å²) in [7, 11) is 0. The number of alkyl halides is 3. The zero-order valence-corrected chi connectivity index (χ0v) is 8.72. The molecular formula is C10H12F3NO. The second kappa shape index (κ2) is 4.08. The second-order valence-electron chi connectivity index (χ2n) is 3.58. The van der Waals surface area contributed by atoms with Crippen molar-refractivity contribution in [3.8, 4) is 5.88 Å². The van der Waals surface area contributed by atoms with E-state index in [2.05, 4.69) is 9.72 Å². The lowest BCUT2D eigenvalue weighted by Crippen LogP contribution is -2.18. The van der Waals surface area contributed by atoms with E-state index in [1.807, 2.05) is 13.8 Å². The van der Waals surface area contributed by atoms with Gasteiger partial charge in [-0.05, 0) is 24.5 Å². The Morgan fingerprint density at radius 1 is 1.27 bits per heavy atom. The van der Waals surface area contributed by atoms with Crippen molar-refractivity contribution in [3.05, 3.63) is 23.4 Å². The maximum Gasteiger partial charge on any atom is 0.574 e. The first kappa shape index (κ1) is 11.8. The van der Waals surface area contributed by atoms with Crippen LogP contribution in [-0.4, -0.2) is 11.3 Å². The SMILES string of the molecule is Cc1cc(C(C)C)cc(OC(F)(F)F)n1. The number of aromatic nitrogens is 1. The van der Waals surface area contributed by atoms with E-state index < -0.39 is 12.2 Å². The van der Waals surface area contributed by atoms with Gasteiger partial charge in [0.1, 0.15) is 0 Å². The fourth-order valence-electron chi connectivity index (χ4n) is 1.17. The number of nitrogens with zero attached hydrogens (tertiary/aromatic N) is 1. The molecule has 0 radical (unpaired) electrons. The Hall–Kier alpha value is -1.26. The molecule has 0 unspecified atom stereocenters. The predicted octanol–water partition coefficient (Wildman–Crippen LogP) is 3.41. The van der Waals surface area contributed by atoms with E-state index in [-0.39, 0.29) is 5.92 Å². The molecule has 5 heteroatoms. The molecule has 0 saturated carbocycles. The Balaban J connectivity index is 2.99. The molecule has 0 atom stereocenters. The largest absolute Gasteiger partial charge is 0.574 e. The molecule has 0 bridgehead atoms. The molecule has 0 N–H and O–H groups in total. The molecule has 1 aromatic heterocycles. The Kier molecular flexibility index (Phi) is 3.21. The monoisotopic (exact) mass is 219 g/mol. The van der Waals surface area contributed by atoms with E-state index in [9.17, 15) is 13.2 Å². The molecule has 2 nitrogen and oxygen atoms in total. The molecule has 1 heterocycles. The summed E-state index contributed by atoms with van der Waals surface area (Å²) in [5.74, 6) is -0.256. The van der Waals surface area contributed by atoms with Crippen LogP contribution in [0.1, 0.15) is 31.0 Å². The van der Waals surface area contributed by atoms with Crippen LogP contribution in [-0.2, 0) is 0 Å². The Morgan fingerprint density at radius 2 is 1.87 bits per heavy atom. The van der Waals surface area contributed by atoms with Gasteiger partial charge in [-0.25, -0.2) is 4.98 Å². The van der Waals surface area contributed by atoms with Gasteiger partial charge < -0.3 is 4.74 Å². The van der Waals surface area contributed by atoms with Crippen LogP contribution in [0.25, 0.3) is 0 Å². The first-order valence-corrected chi connectivity index (χ1v) is 4.52. The number of ether oxygens (including phenoxy) is 1. The maximum atomic E-state index is 11.9. The van der Waals surface area contributed by atoms with Crippen LogP contribution < -0.4 is 4.74 Å². The summed E-state index contributed by atoms with van der Waals surface area (Å²) in [5, 5.41) is 0. The first-order valence-electron chi connectivity index (χ1n) is 4.52. The molecule has 15 heavy (non-hydrogen) atoms. The van der Waals surface area contributed by atoms with E-state index in [1.54, 1.807) is 13.0 Å². The first-order chi connectivity index (χ1) is 6.78. The van der Waals surface area contributed by atoms with Crippen LogP contribution in [0.2, 0.25) is 0 Å². The minimum atomic E-state index is -4.69. The third-order valence-electron chi connectivity index (χ3n) is 1.84. The molecule has 0 saturated heterocycles. The minimum absolute atomic E-state index is 0.141. The molecule has 84 valence electrons. The normalized spacial score (nSPS) is 11.9. The van der Waals surface area contributed by atoms with Crippen LogP contribution >= 0.6 is 0 Å². The van der Waals surface area contributed by atoms with Crippen LogP contribution in [0, 0.1) is 6.92 Å². The average molecular weight is 219 g/mol. The van der Waals surface area contributed by atoms with Crippen LogP contribution in [0.3, 0.4) is 0 Å². The summed E-state index contributed by atoms with van der Waals surface area (Å²) in [6.07, 6.45) is -4.69. The van der Waals surface area contributed by atoms with Gasteiger partial charge in [0.05, 0.1) is 0 Å². The second-order valence-corrected chi connectivity index (χ2v) is 3.58. The molecule has 0 amide bonds. The number of aryl methyl sites for hydroxylation is 1. The lowest BCUT2D eigenvalue weighted by Gasteiger charge is -2.11. The van der Waals surface area contributed by atoms with Crippen molar-refractivity contribution < 1.29 is 17.9 Å². The number of halogens is 3. The maximum absolute atomic E-state index is 11.9.